The lowest BCUT2D eigenvalue weighted by Gasteiger charge is -2.26. The Labute approximate surface area is 106 Å². The molecule has 0 heterocycles. The minimum Gasteiger partial charge on any atom is -0.480 e. The third-order valence-electron chi connectivity index (χ3n) is 2.72. The molecule has 0 unspecified atom stereocenters. The second-order valence-corrected chi connectivity index (χ2v) is 3.98. The highest BCUT2D eigenvalue weighted by Gasteiger charge is 2.26. The van der Waals surface area contributed by atoms with Crippen LogP contribution in [-0.4, -0.2) is 46.2 Å². The third kappa shape index (κ3) is 3.85. The second-order valence-electron chi connectivity index (χ2n) is 3.98. The molecule has 1 rings (SSSR count). The molecule has 0 aliphatic carbocycles. The summed E-state index contributed by atoms with van der Waals surface area (Å²) in [6.45, 7) is 0.997. The number of aliphatic carboxylic acids is 1. The number of carboxylic acids is 1. The number of carboxylic acid groups (broad SMARTS) is 1. The molecule has 0 fully saturated rings. The van der Waals surface area contributed by atoms with Crippen LogP contribution in [0.1, 0.15) is 12.5 Å². The van der Waals surface area contributed by atoms with E-state index in [2.05, 4.69) is 0 Å². The van der Waals surface area contributed by atoms with Gasteiger partial charge in [-0.25, -0.2) is 4.79 Å². The zero-order valence-corrected chi connectivity index (χ0v) is 10.2. The fraction of sp³-hybridized carbons (Fsp3) is 0.385. The molecule has 1 atom stereocenters. The van der Waals surface area contributed by atoms with Gasteiger partial charge in [0.15, 0.2) is 6.04 Å². The van der Waals surface area contributed by atoms with E-state index in [1.807, 2.05) is 30.3 Å². The van der Waals surface area contributed by atoms with Crippen LogP contribution < -0.4 is 0 Å². The fourth-order valence-electron chi connectivity index (χ4n) is 1.74. The van der Waals surface area contributed by atoms with E-state index in [-0.39, 0.29) is 12.5 Å². The van der Waals surface area contributed by atoms with Gasteiger partial charge < -0.3 is 15.1 Å². The second kappa shape index (κ2) is 6.76. The van der Waals surface area contributed by atoms with E-state index in [1.165, 1.54) is 11.8 Å². The van der Waals surface area contributed by atoms with Crippen molar-refractivity contribution in [2.45, 2.75) is 19.4 Å². The topological polar surface area (TPSA) is 77.8 Å². The maximum atomic E-state index is 11.4. The van der Waals surface area contributed by atoms with Crippen molar-refractivity contribution < 1.29 is 19.8 Å². The number of carbonyl (C=O) groups is 2. The van der Waals surface area contributed by atoms with Crippen molar-refractivity contribution in [3.63, 3.8) is 0 Å². The van der Waals surface area contributed by atoms with E-state index < -0.39 is 18.6 Å². The highest BCUT2D eigenvalue weighted by molar-refractivity contribution is 5.82. The average molecular weight is 251 g/mol. The van der Waals surface area contributed by atoms with Gasteiger partial charge in [-0.1, -0.05) is 30.3 Å². The summed E-state index contributed by atoms with van der Waals surface area (Å²) in [4.78, 5) is 23.5. The van der Waals surface area contributed by atoms with Crippen LogP contribution in [0.15, 0.2) is 30.3 Å². The number of rotatable bonds is 6. The molecule has 5 heteroatoms. The molecule has 0 aliphatic rings. The maximum Gasteiger partial charge on any atom is 0.328 e. The summed E-state index contributed by atoms with van der Waals surface area (Å²) in [7, 11) is 0. The molecule has 0 spiro atoms. The van der Waals surface area contributed by atoms with E-state index in [1.54, 1.807) is 0 Å². The van der Waals surface area contributed by atoms with Gasteiger partial charge >= 0.3 is 5.97 Å². The summed E-state index contributed by atoms with van der Waals surface area (Å²) in [6.07, 6.45) is 0.560. The highest BCUT2D eigenvalue weighted by atomic mass is 16.4. The number of benzene rings is 1. The van der Waals surface area contributed by atoms with Gasteiger partial charge in [0, 0.05) is 13.5 Å². The van der Waals surface area contributed by atoms with Crippen molar-refractivity contribution in [1.29, 1.82) is 0 Å². The van der Waals surface area contributed by atoms with Crippen molar-refractivity contribution in [2.24, 2.45) is 0 Å². The van der Waals surface area contributed by atoms with Crippen LogP contribution in [0.5, 0.6) is 0 Å². The number of aliphatic hydroxyl groups is 1. The molecule has 0 radical (unpaired) electrons. The third-order valence-corrected chi connectivity index (χ3v) is 2.72. The number of hydrogen-bond donors (Lipinski definition) is 2. The largest absolute Gasteiger partial charge is 0.480 e. The number of aliphatic hydroxyl groups excluding tert-OH is 1. The molecule has 0 bridgehead atoms. The van der Waals surface area contributed by atoms with Crippen LogP contribution in [0.2, 0.25) is 0 Å². The molecular weight excluding hydrogens is 234 g/mol. The Balaban J connectivity index is 2.69. The first-order chi connectivity index (χ1) is 8.56. The molecular formula is C13H17NO4. The number of amides is 1. The van der Waals surface area contributed by atoms with Crippen molar-refractivity contribution >= 4 is 11.9 Å². The highest BCUT2D eigenvalue weighted by Crippen LogP contribution is 2.05. The zero-order chi connectivity index (χ0) is 13.5. The van der Waals surface area contributed by atoms with Gasteiger partial charge in [-0.2, -0.15) is 0 Å². The fourth-order valence-corrected chi connectivity index (χ4v) is 1.74. The zero-order valence-electron chi connectivity index (χ0n) is 10.2. The average Bonchev–Trinajstić information content (AvgIpc) is 2.34. The van der Waals surface area contributed by atoms with Crippen LogP contribution in [0, 0.1) is 0 Å². The molecule has 0 aliphatic heterocycles. The Morgan fingerprint density at radius 2 is 1.89 bits per heavy atom. The van der Waals surface area contributed by atoms with Gasteiger partial charge in [-0.15, -0.1) is 0 Å². The number of nitrogens with zero attached hydrogens (tertiary/aromatic N) is 1. The Morgan fingerprint density at radius 3 is 2.33 bits per heavy atom. The van der Waals surface area contributed by atoms with Gasteiger partial charge in [-0.3, -0.25) is 4.79 Å². The van der Waals surface area contributed by atoms with Crippen molar-refractivity contribution in [3.8, 4) is 0 Å². The van der Waals surface area contributed by atoms with E-state index in [9.17, 15) is 9.59 Å². The van der Waals surface area contributed by atoms with Gasteiger partial charge in [0.05, 0.1) is 6.61 Å². The Morgan fingerprint density at radius 1 is 1.28 bits per heavy atom. The molecule has 1 aromatic rings. The van der Waals surface area contributed by atoms with Crippen molar-refractivity contribution in [1.82, 2.24) is 4.90 Å². The lowest BCUT2D eigenvalue weighted by atomic mass is 10.1. The van der Waals surface area contributed by atoms with Crippen LogP contribution in [0.3, 0.4) is 0 Å². The minimum atomic E-state index is -1.19. The lowest BCUT2D eigenvalue weighted by molar-refractivity contribution is -0.151. The monoisotopic (exact) mass is 251 g/mol. The smallest absolute Gasteiger partial charge is 0.328 e. The van der Waals surface area contributed by atoms with E-state index in [4.69, 9.17) is 10.2 Å². The quantitative estimate of drug-likeness (QED) is 0.772. The molecule has 2 N–H and O–H groups in total. The number of carbonyl (C=O) groups excluding carboxylic acids is 1. The minimum absolute atomic E-state index is 0.275. The molecule has 0 aromatic heterocycles. The summed E-state index contributed by atoms with van der Waals surface area (Å²) in [5.74, 6) is -1.55. The molecule has 1 aromatic carbocycles. The summed E-state index contributed by atoms with van der Waals surface area (Å²) in [5, 5.41) is 18.0. The van der Waals surface area contributed by atoms with Crippen molar-refractivity contribution in [3.05, 3.63) is 35.9 Å². The van der Waals surface area contributed by atoms with E-state index >= 15 is 0 Å². The molecule has 0 saturated carbocycles. The standard InChI is InChI=1S/C13H17NO4/c1-10(16)14(12(9-15)13(17)18)8-7-11-5-3-2-4-6-11/h2-6,12,15H,7-9H2,1H3,(H,17,18)/t12-/m0/s1. The lowest BCUT2D eigenvalue weighted by Crippen LogP contribution is -2.47. The van der Waals surface area contributed by atoms with Gasteiger partial charge in [0.2, 0.25) is 5.91 Å². The molecule has 18 heavy (non-hydrogen) atoms. The number of hydrogen-bond acceptors (Lipinski definition) is 3. The molecule has 5 nitrogen and oxygen atoms in total. The van der Waals surface area contributed by atoms with E-state index in [0.29, 0.717) is 6.42 Å². The van der Waals surface area contributed by atoms with Crippen LogP contribution >= 0.6 is 0 Å². The maximum absolute atomic E-state index is 11.4. The summed E-state index contributed by atoms with van der Waals surface area (Å²) >= 11 is 0. The SMILES string of the molecule is CC(=O)N(CCc1ccccc1)[C@@H](CO)C(=O)O. The van der Waals surface area contributed by atoms with Gasteiger partial charge in [-0.05, 0) is 12.0 Å². The van der Waals surface area contributed by atoms with Crippen LogP contribution in [-0.2, 0) is 16.0 Å². The van der Waals surface area contributed by atoms with Crippen molar-refractivity contribution in [2.75, 3.05) is 13.2 Å². The Bertz CT molecular complexity index is 405. The molecule has 98 valence electrons. The van der Waals surface area contributed by atoms with Crippen LogP contribution in [0.25, 0.3) is 0 Å². The van der Waals surface area contributed by atoms with Crippen LogP contribution in [0.4, 0.5) is 0 Å². The van der Waals surface area contributed by atoms with Gasteiger partial charge in [0.25, 0.3) is 0 Å². The van der Waals surface area contributed by atoms with Gasteiger partial charge in [0.1, 0.15) is 0 Å². The summed E-state index contributed by atoms with van der Waals surface area (Å²) in [5.41, 5.74) is 1.02. The first kappa shape index (κ1) is 14.2. The predicted octanol–water partition coefficient (Wildman–Crippen LogP) is 0.523. The summed E-state index contributed by atoms with van der Waals surface area (Å²) < 4.78 is 0. The molecule has 1 amide bonds. The first-order valence-electron chi connectivity index (χ1n) is 5.71. The molecule has 0 saturated heterocycles. The Kier molecular flexibility index (Phi) is 5.32. The predicted molar refractivity (Wildman–Crippen MR) is 66.0 cm³/mol. The normalized spacial score (nSPS) is 11.9. The first-order valence-corrected chi connectivity index (χ1v) is 5.71. The summed E-state index contributed by atoms with van der Waals surface area (Å²) in [6, 6.07) is 8.30. The Hall–Kier alpha value is -1.88. The van der Waals surface area contributed by atoms with E-state index in [0.717, 1.165) is 5.56 Å².